The number of halogens is 2. The summed E-state index contributed by atoms with van der Waals surface area (Å²) in [5.74, 6) is 0. The van der Waals surface area contributed by atoms with E-state index in [0.717, 1.165) is 0 Å². The molecule has 1 aliphatic rings. The van der Waals surface area contributed by atoms with Crippen LogP contribution in [0.2, 0.25) is 10.0 Å². The van der Waals surface area contributed by atoms with Crippen molar-refractivity contribution in [3.8, 4) is 0 Å². The Morgan fingerprint density at radius 1 is 1.35 bits per heavy atom. The fourth-order valence-electron chi connectivity index (χ4n) is 1.79. The predicted octanol–water partition coefficient (Wildman–Crippen LogP) is 1.72. The van der Waals surface area contributed by atoms with Gasteiger partial charge >= 0.3 is 0 Å². The molecule has 1 saturated heterocycles. The molecule has 1 aromatic rings. The zero-order valence-corrected chi connectivity index (χ0v) is 11.3. The van der Waals surface area contributed by atoms with Gasteiger partial charge in [-0.2, -0.15) is 4.31 Å². The summed E-state index contributed by atoms with van der Waals surface area (Å²) < 4.78 is 25.9. The number of hydrogen-bond donors (Lipinski definition) is 1. The Labute approximate surface area is 110 Å². The maximum absolute atomic E-state index is 12.3. The lowest BCUT2D eigenvalue weighted by atomic mass is 10.3. The highest BCUT2D eigenvalue weighted by Gasteiger charge is 2.32. The molecule has 0 amide bonds. The molecule has 1 fully saturated rings. The molecule has 0 aromatic heterocycles. The number of nitrogens with two attached hydrogens (primary N) is 1. The summed E-state index contributed by atoms with van der Waals surface area (Å²) in [4.78, 5) is 0.0424. The molecule has 4 nitrogen and oxygen atoms in total. The lowest BCUT2D eigenvalue weighted by molar-refractivity contribution is 0.472. The van der Waals surface area contributed by atoms with E-state index in [1.165, 1.54) is 10.4 Å². The molecule has 1 aliphatic heterocycles. The molecule has 1 unspecified atom stereocenters. The smallest absolute Gasteiger partial charge is 0.244 e. The van der Waals surface area contributed by atoms with Crippen molar-refractivity contribution in [2.24, 2.45) is 5.73 Å². The molecule has 7 heteroatoms. The second-order valence-electron chi connectivity index (χ2n) is 3.96. The summed E-state index contributed by atoms with van der Waals surface area (Å²) in [6.45, 7) is 0.748. The normalized spacial score (nSPS) is 21.9. The van der Waals surface area contributed by atoms with Gasteiger partial charge in [0.15, 0.2) is 0 Å². The van der Waals surface area contributed by atoms with E-state index in [1.54, 1.807) is 12.1 Å². The number of sulfonamides is 1. The van der Waals surface area contributed by atoms with E-state index < -0.39 is 10.0 Å². The standard InChI is InChI=1S/C10H12Cl2N2O2S/c11-8-2-1-3-9(10(8)12)17(15,16)14-5-4-7(13)6-14/h1-3,7H,4-6,13H2. The van der Waals surface area contributed by atoms with Crippen molar-refractivity contribution in [2.75, 3.05) is 13.1 Å². The average molecular weight is 295 g/mol. The Morgan fingerprint density at radius 2 is 2.06 bits per heavy atom. The van der Waals surface area contributed by atoms with E-state index in [9.17, 15) is 8.42 Å². The third kappa shape index (κ3) is 2.44. The molecule has 1 aromatic carbocycles. The van der Waals surface area contributed by atoms with Crippen LogP contribution < -0.4 is 5.73 Å². The van der Waals surface area contributed by atoms with Crippen molar-refractivity contribution in [2.45, 2.75) is 17.4 Å². The fraction of sp³-hybridized carbons (Fsp3) is 0.400. The van der Waals surface area contributed by atoms with Crippen LogP contribution in [0.1, 0.15) is 6.42 Å². The number of hydrogen-bond acceptors (Lipinski definition) is 3. The molecule has 2 rings (SSSR count). The van der Waals surface area contributed by atoms with Crippen LogP contribution in [0.15, 0.2) is 23.1 Å². The third-order valence-corrected chi connectivity index (χ3v) is 5.56. The number of benzene rings is 1. The maximum atomic E-state index is 12.3. The zero-order valence-electron chi connectivity index (χ0n) is 8.94. The van der Waals surface area contributed by atoms with Gasteiger partial charge in [-0.25, -0.2) is 8.42 Å². The predicted molar refractivity (Wildman–Crippen MR) is 67.8 cm³/mol. The van der Waals surface area contributed by atoms with Gasteiger partial charge in [-0.15, -0.1) is 0 Å². The van der Waals surface area contributed by atoms with Crippen LogP contribution in [0.25, 0.3) is 0 Å². The van der Waals surface area contributed by atoms with Crippen LogP contribution in [-0.2, 0) is 10.0 Å². The van der Waals surface area contributed by atoms with Crippen LogP contribution in [-0.4, -0.2) is 31.9 Å². The summed E-state index contributed by atoms with van der Waals surface area (Å²) in [6, 6.07) is 4.46. The van der Waals surface area contributed by atoms with Crippen molar-refractivity contribution in [3.63, 3.8) is 0 Å². The first-order valence-corrected chi connectivity index (χ1v) is 7.32. The van der Waals surface area contributed by atoms with Gasteiger partial charge in [0.2, 0.25) is 10.0 Å². The third-order valence-electron chi connectivity index (χ3n) is 2.72. The first-order valence-electron chi connectivity index (χ1n) is 5.12. The quantitative estimate of drug-likeness (QED) is 0.903. The van der Waals surface area contributed by atoms with E-state index in [0.29, 0.717) is 19.5 Å². The Balaban J connectivity index is 2.42. The molecule has 17 heavy (non-hydrogen) atoms. The van der Waals surface area contributed by atoms with Gasteiger partial charge in [-0.1, -0.05) is 29.3 Å². The van der Waals surface area contributed by atoms with Crippen LogP contribution in [0, 0.1) is 0 Å². The van der Waals surface area contributed by atoms with Crippen LogP contribution in [0.5, 0.6) is 0 Å². The minimum atomic E-state index is -3.59. The highest BCUT2D eigenvalue weighted by Crippen LogP contribution is 2.31. The van der Waals surface area contributed by atoms with Gasteiger partial charge in [-0.3, -0.25) is 0 Å². The largest absolute Gasteiger partial charge is 0.326 e. The molecule has 0 radical (unpaired) electrons. The minimum Gasteiger partial charge on any atom is -0.326 e. The SMILES string of the molecule is NC1CCN(S(=O)(=O)c2cccc(Cl)c2Cl)C1. The summed E-state index contributed by atoms with van der Waals surface area (Å²) in [7, 11) is -3.59. The minimum absolute atomic E-state index is 0.0424. The van der Waals surface area contributed by atoms with Crippen molar-refractivity contribution in [3.05, 3.63) is 28.2 Å². The number of rotatable bonds is 2. The molecule has 1 heterocycles. The molecule has 0 saturated carbocycles. The molecule has 0 aliphatic carbocycles. The summed E-state index contributed by atoms with van der Waals surface area (Å²) in [6.07, 6.45) is 0.664. The van der Waals surface area contributed by atoms with Gasteiger partial charge in [0.05, 0.1) is 10.0 Å². The molecular weight excluding hydrogens is 283 g/mol. The average Bonchev–Trinajstić information content (AvgIpc) is 2.69. The highest BCUT2D eigenvalue weighted by molar-refractivity contribution is 7.89. The Morgan fingerprint density at radius 3 is 2.65 bits per heavy atom. The fourth-order valence-corrected chi connectivity index (χ4v) is 4.04. The second kappa shape index (κ2) is 4.74. The lowest BCUT2D eigenvalue weighted by Gasteiger charge is -2.17. The molecule has 1 atom stereocenters. The van der Waals surface area contributed by atoms with Gasteiger partial charge in [0.1, 0.15) is 4.90 Å². The topological polar surface area (TPSA) is 63.4 Å². The van der Waals surface area contributed by atoms with E-state index >= 15 is 0 Å². The van der Waals surface area contributed by atoms with E-state index in [1.807, 2.05) is 0 Å². The zero-order chi connectivity index (χ0) is 12.6. The van der Waals surface area contributed by atoms with Crippen LogP contribution in [0.3, 0.4) is 0 Å². The van der Waals surface area contributed by atoms with Crippen LogP contribution in [0.4, 0.5) is 0 Å². The van der Waals surface area contributed by atoms with E-state index in [-0.39, 0.29) is 21.0 Å². The summed E-state index contributed by atoms with van der Waals surface area (Å²) in [5.41, 5.74) is 5.70. The highest BCUT2D eigenvalue weighted by atomic mass is 35.5. The second-order valence-corrected chi connectivity index (χ2v) is 6.66. The monoisotopic (exact) mass is 294 g/mol. The maximum Gasteiger partial charge on any atom is 0.244 e. The van der Waals surface area contributed by atoms with Crippen molar-refractivity contribution in [1.82, 2.24) is 4.31 Å². The number of nitrogens with zero attached hydrogens (tertiary/aromatic N) is 1. The lowest BCUT2D eigenvalue weighted by Crippen LogP contribution is -2.32. The van der Waals surface area contributed by atoms with Gasteiger partial charge < -0.3 is 5.73 Å². The van der Waals surface area contributed by atoms with Gasteiger partial charge in [0.25, 0.3) is 0 Å². The first kappa shape index (κ1) is 13.1. The first-order chi connectivity index (χ1) is 7.93. The van der Waals surface area contributed by atoms with Gasteiger partial charge in [0, 0.05) is 19.1 Å². The molecule has 94 valence electrons. The van der Waals surface area contributed by atoms with Gasteiger partial charge in [-0.05, 0) is 18.6 Å². The van der Waals surface area contributed by atoms with Crippen molar-refractivity contribution >= 4 is 33.2 Å². The Bertz CT molecular complexity index is 533. The van der Waals surface area contributed by atoms with Crippen molar-refractivity contribution < 1.29 is 8.42 Å². The summed E-state index contributed by atoms with van der Waals surface area (Å²) in [5, 5.41) is 0.297. The van der Waals surface area contributed by atoms with E-state index in [4.69, 9.17) is 28.9 Å². The Kier molecular flexibility index (Phi) is 3.66. The van der Waals surface area contributed by atoms with E-state index in [2.05, 4.69) is 0 Å². The molecule has 0 spiro atoms. The van der Waals surface area contributed by atoms with Crippen LogP contribution >= 0.6 is 23.2 Å². The van der Waals surface area contributed by atoms with Crippen molar-refractivity contribution in [1.29, 1.82) is 0 Å². The molecular formula is C10H12Cl2N2O2S. The Hall–Kier alpha value is -0.330. The molecule has 0 bridgehead atoms. The summed E-state index contributed by atoms with van der Waals surface area (Å²) >= 11 is 11.7. The molecule has 2 N–H and O–H groups in total.